The number of anilines is 1. The van der Waals surface area contributed by atoms with E-state index in [4.69, 9.17) is 0 Å². The van der Waals surface area contributed by atoms with Crippen molar-refractivity contribution in [1.29, 1.82) is 0 Å². The summed E-state index contributed by atoms with van der Waals surface area (Å²) in [6.45, 7) is 1.13. The van der Waals surface area contributed by atoms with Crippen molar-refractivity contribution in [2.24, 2.45) is 0 Å². The van der Waals surface area contributed by atoms with Gasteiger partial charge in [-0.05, 0) is 37.0 Å². The number of nitrogens with one attached hydrogen (secondary N) is 1. The normalized spacial score (nSPS) is 17.4. The summed E-state index contributed by atoms with van der Waals surface area (Å²) in [5, 5.41) is 5.85. The Balaban J connectivity index is 1.65. The molecule has 1 aliphatic rings. The Labute approximate surface area is 151 Å². The van der Waals surface area contributed by atoms with Crippen LogP contribution < -0.4 is 10.2 Å². The third-order valence-corrected chi connectivity index (χ3v) is 5.42. The largest absolute Gasteiger partial charge is 0.354 e. The average molecular weight is 362 g/mol. The van der Waals surface area contributed by atoms with Crippen LogP contribution in [0.25, 0.3) is 0 Å². The first-order chi connectivity index (χ1) is 12.0. The molecule has 0 bridgehead atoms. The van der Waals surface area contributed by atoms with E-state index < -0.39 is 0 Å². The highest BCUT2D eigenvalue weighted by molar-refractivity contribution is 7.13. The van der Waals surface area contributed by atoms with Gasteiger partial charge in [-0.25, -0.2) is 14.2 Å². The SMILES string of the molecule is CN(C)c1nc(CNC(=O)N2CCCCC2c2ccc(F)cc2)cs1. The molecule has 1 unspecified atom stereocenters. The average Bonchev–Trinajstić information content (AvgIpc) is 3.10. The Kier molecular flexibility index (Phi) is 5.53. The fourth-order valence-electron chi connectivity index (χ4n) is 3.06. The molecule has 1 aromatic heterocycles. The number of aromatic nitrogens is 1. The smallest absolute Gasteiger partial charge is 0.318 e. The van der Waals surface area contributed by atoms with Gasteiger partial charge >= 0.3 is 6.03 Å². The van der Waals surface area contributed by atoms with Gasteiger partial charge < -0.3 is 15.1 Å². The maximum absolute atomic E-state index is 13.2. The van der Waals surface area contributed by atoms with Crippen LogP contribution in [0.15, 0.2) is 29.6 Å². The van der Waals surface area contributed by atoms with Crippen molar-refractivity contribution in [2.75, 3.05) is 25.5 Å². The van der Waals surface area contributed by atoms with Crippen molar-refractivity contribution in [1.82, 2.24) is 15.2 Å². The third kappa shape index (κ3) is 4.28. The first-order valence-corrected chi connectivity index (χ1v) is 9.34. The molecule has 0 aliphatic carbocycles. The second-order valence-electron chi connectivity index (χ2n) is 6.43. The summed E-state index contributed by atoms with van der Waals surface area (Å²) in [4.78, 5) is 21.0. The van der Waals surface area contributed by atoms with Crippen LogP contribution in [0.1, 0.15) is 36.6 Å². The molecule has 2 amide bonds. The van der Waals surface area contributed by atoms with Crippen LogP contribution in [0.4, 0.5) is 14.3 Å². The highest BCUT2D eigenvalue weighted by Gasteiger charge is 2.27. The minimum atomic E-state index is -0.254. The summed E-state index contributed by atoms with van der Waals surface area (Å²) < 4.78 is 13.2. The van der Waals surface area contributed by atoms with Gasteiger partial charge in [0.2, 0.25) is 0 Å². The lowest BCUT2D eigenvalue weighted by molar-refractivity contribution is 0.151. The molecule has 1 aromatic carbocycles. The van der Waals surface area contributed by atoms with Gasteiger partial charge in [0.15, 0.2) is 5.13 Å². The topological polar surface area (TPSA) is 48.5 Å². The molecule has 25 heavy (non-hydrogen) atoms. The number of benzene rings is 1. The van der Waals surface area contributed by atoms with E-state index in [-0.39, 0.29) is 17.9 Å². The molecule has 134 valence electrons. The van der Waals surface area contributed by atoms with E-state index in [1.54, 1.807) is 23.5 Å². The molecule has 1 fully saturated rings. The monoisotopic (exact) mass is 362 g/mol. The maximum atomic E-state index is 13.2. The minimum Gasteiger partial charge on any atom is -0.354 e. The summed E-state index contributed by atoms with van der Waals surface area (Å²) in [7, 11) is 3.89. The zero-order valence-electron chi connectivity index (χ0n) is 14.5. The number of urea groups is 1. The van der Waals surface area contributed by atoms with Gasteiger partial charge in [0, 0.05) is 26.0 Å². The molecule has 5 nitrogen and oxygen atoms in total. The number of carbonyl (C=O) groups excluding carboxylic acids is 1. The van der Waals surface area contributed by atoms with E-state index in [0.29, 0.717) is 13.1 Å². The van der Waals surface area contributed by atoms with Gasteiger partial charge in [-0.2, -0.15) is 0 Å². The van der Waals surface area contributed by atoms with Crippen molar-refractivity contribution in [3.05, 3.63) is 46.7 Å². The molecule has 0 saturated carbocycles. The predicted molar refractivity (Wildman–Crippen MR) is 98.4 cm³/mol. The van der Waals surface area contributed by atoms with E-state index in [0.717, 1.165) is 35.7 Å². The lowest BCUT2D eigenvalue weighted by Crippen LogP contribution is -2.44. The number of rotatable bonds is 4. The number of likely N-dealkylation sites (tertiary alicyclic amines) is 1. The molecule has 0 radical (unpaired) electrons. The van der Waals surface area contributed by atoms with Gasteiger partial charge in [0.1, 0.15) is 5.82 Å². The molecule has 1 N–H and O–H groups in total. The first-order valence-electron chi connectivity index (χ1n) is 8.46. The van der Waals surface area contributed by atoms with E-state index >= 15 is 0 Å². The molecule has 3 rings (SSSR count). The maximum Gasteiger partial charge on any atom is 0.318 e. The second-order valence-corrected chi connectivity index (χ2v) is 7.27. The highest BCUT2D eigenvalue weighted by Crippen LogP contribution is 2.31. The van der Waals surface area contributed by atoms with E-state index in [1.165, 1.54) is 12.1 Å². The van der Waals surface area contributed by atoms with Crippen molar-refractivity contribution in [2.45, 2.75) is 31.8 Å². The Hall–Kier alpha value is -2.15. The molecule has 2 aromatic rings. The second kappa shape index (κ2) is 7.82. The summed E-state index contributed by atoms with van der Waals surface area (Å²) >= 11 is 1.56. The number of amides is 2. The zero-order valence-corrected chi connectivity index (χ0v) is 15.4. The molecule has 1 atom stereocenters. The van der Waals surface area contributed by atoms with Gasteiger partial charge in [-0.1, -0.05) is 12.1 Å². The van der Waals surface area contributed by atoms with Crippen molar-refractivity contribution >= 4 is 22.5 Å². The number of halogens is 1. The molecule has 1 saturated heterocycles. The molecular formula is C18H23FN4OS. The predicted octanol–water partition coefficient (Wildman–Crippen LogP) is 3.79. The van der Waals surface area contributed by atoms with Crippen LogP contribution in [0, 0.1) is 5.82 Å². The molecule has 1 aliphatic heterocycles. The zero-order chi connectivity index (χ0) is 17.8. The number of carbonyl (C=O) groups is 1. The third-order valence-electron chi connectivity index (χ3n) is 4.36. The first kappa shape index (κ1) is 17.7. The van der Waals surface area contributed by atoms with Crippen LogP contribution in [0.2, 0.25) is 0 Å². The Bertz CT molecular complexity index is 716. The standard InChI is InChI=1S/C18H23FN4OS/c1-22(2)18-21-15(12-25-18)11-20-17(24)23-10-4-3-5-16(23)13-6-8-14(19)9-7-13/h6-9,12,16H,3-5,10-11H2,1-2H3,(H,20,24). The number of hydrogen-bond donors (Lipinski definition) is 1. The number of hydrogen-bond acceptors (Lipinski definition) is 4. The van der Waals surface area contributed by atoms with Crippen LogP contribution in [0.3, 0.4) is 0 Å². The summed E-state index contributed by atoms with van der Waals surface area (Å²) in [6, 6.07) is 6.37. The Morgan fingerprint density at radius 2 is 2.12 bits per heavy atom. The van der Waals surface area contributed by atoms with Crippen molar-refractivity contribution in [3.63, 3.8) is 0 Å². The van der Waals surface area contributed by atoms with Crippen LogP contribution >= 0.6 is 11.3 Å². The summed E-state index contributed by atoms with van der Waals surface area (Å²) in [5.74, 6) is -0.254. The fraction of sp³-hybridized carbons (Fsp3) is 0.444. The van der Waals surface area contributed by atoms with Crippen LogP contribution in [-0.4, -0.2) is 36.6 Å². The van der Waals surface area contributed by atoms with Crippen molar-refractivity contribution < 1.29 is 9.18 Å². The number of thiazole rings is 1. The Morgan fingerprint density at radius 3 is 2.80 bits per heavy atom. The quantitative estimate of drug-likeness (QED) is 0.900. The van der Waals surface area contributed by atoms with Gasteiger partial charge in [0.05, 0.1) is 18.3 Å². The molecule has 2 heterocycles. The fourth-order valence-corrected chi connectivity index (χ4v) is 3.81. The van der Waals surface area contributed by atoms with Gasteiger partial charge in [0.25, 0.3) is 0 Å². The lowest BCUT2D eigenvalue weighted by atomic mass is 9.95. The minimum absolute atomic E-state index is 0.00196. The highest BCUT2D eigenvalue weighted by atomic mass is 32.1. The summed E-state index contributed by atoms with van der Waals surface area (Å²) in [5.41, 5.74) is 1.84. The molecule has 0 spiro atoms. The summed E-state index contributed by atoms with van der Waals surface area (Å²) in [6.07, 6.45) is 2.97. The van der Waals surface area contributed by atoms with E-state index in [1.807, 2.05) is 29.3 Å². The molecule has 7 heteroatoms. The molecular weight excluding hydrogens is 339 g/mol. The van der Waals surface area contributed by atoms with E-state index in [2.05, 4.69) is 10.3 Å². The van der Waals surface area contributed by atoms with Crippen LogP contribution in [-0.2, 0) is 6.54 Å². The van der Waals surface area contributed by atoms with Gasteiger partial charge in [-0.15, -0.1) is 11.3 Å². The van der Waals surface area contributed by atoms with E-state index in [9.17, 15) is 9.18 Å². The number of nitrogens with zero attached hydrogens (tertiary/aromatic N) is 3. The van der Waals surface area contributed by atoms with Crippen LogP contribution in [0.5, 0.6) is 0 Å². The Morgan fingerprint density at radius 1 is 1.36 bits per heavy atom. The lowest BCUT2D eigenvalue weighted by Gasteiger charge is -2.36. The number of piperidine rings is 1. The van der Waals surface area contributed by atoms with Gasteiger partial charge in [-0.3, -0.25) is 0 Å². The van der Waals surface area contributed by atoms with Crippen molar-refractivity contribution in [3.8, 4) is 0 Å².